The number of benzene rings is 2. The van der Waals surface area contributed by atoms with Gasteiger partial charge in [0.2, 0.25) is 11.7 Å². The molecule has 0 aliphatic heterocycles. The van der Waals surface area contributed by atoms with E-state index in [0.29, 0.717) is 22.3 Å². The van der Waals surface area contributed by atoms with Crippen LogP contribution in [0.15, 0.2) is 53.1 Å². The highest BCUT2D eigenvalue weighted by molar-refractivity contribution is 6.30. The zero-order chi connectivity index (χ0) is 19.2. The van der Waals surface area contributed by atoms with Gasteiger partial charge in [0.05, 0.1) is 13.7 Å². The van der Waals surface area contributed by atoms with Gasteiger partial charge in [0.1, 0.15) is 0 Å². The number of carbonyl (C=O) groups is 1. The highest BCUT2D eigenvalue weighted by atomic mass is 35.5. The Labute approximate surface area is 161 Å². The fourth-order valence-electron chi connectivity index (χ4n) is 2.31. The Morgan fingerprint density at radius 1 is 1.19 bits per heavy atom. The second-order valence-corrected chi connectivity index (χ2v) is 6.08. The second kappa shape index (κ2) is 8.55. The summed E-state index contributed by atoms with van der Waals surface area (Å²) in [7, 11) is 1.54. The van der Waals surface area contributed by atoms with Crippen molar-refractivity contribution in [3.63, 3.8) is 0 Å². The van der Waals surface area contributed by atoms with E-state index in [1.807, 2.05) is 6.07 Å². The lowest BCUT2D eigenvalue weighted by molar-refractivity contribution is -0.127. The summed E-state index contributed by atoms with van der Waals surface area (Å²) in [4.78, 5) is 16.5. The van der Waals surface area contributed by atoms with Crippen molar-refractivity contribution >= 4 is 17.5 Å². The number of ether oxygens (including phenoxy) is 2. The summed E-state index contributed by atoms with van der Waals surface area (Å²) >= 11 is 5.86. The predicted octanol–water partition coefficient (Wildman–Crippen LogP) is 3.48. The van der Waals surface area contributed by atoms with Gasteiger partial charge >= 0.3 is 0 Å². The van der Waals surface area contributed by atoms with Gasteiger partial charge in [0.25, 0.3) is 5.91 Å². The number of hydrogen-bond donors (Lipinski definition) is 1. The van der Waals surface area contributed by atoms with Crippen LogP contribution in [0.1, 0.15) is 12.8 Å². The largest absolute Gasteiger partial charge is 0.493 e. The molecule has 1 amide bonds. The summed E-state index contributed by atoms with van der Waals surface area (Å²) in [5, 5.41) is 7.23. The Morgan fingerprint density at radius 3 is 2.59 bits per heavy atom. The smallest absolute Gasteiger partial charge is 0.261 e. The molecule has 0 saturated heterocycles. The number of para-hydroxylation sites is 2. The maximum Gasteiger partial charge on any atom is 0.261 e. The molecular formula is C19H18ClN3O4. The van der Waals surface area contributed by atoms with Crippen LogP contribution in [0.4, 0.5) is 0 Å². The average Bonchev–Trinajstić information content (AvgIpc) is 3.16. The Bertz CT molecular complexity index is 911. The van der Waals surface area contributed by atoms with E-state index in [4.69, 9.17) is 25.6 Å². The summed E-state index contributed by atoms with van der Waals surface area (Å²) in [5.41, 5.74) is 0.772. The maximum absolute atomic E-state index is 12.3. The number of carbonyl (C=O) groups excluding carboxylic acids is 1. The van der Waals surface area contributed by atoms with E-state index in [1.165, 1.54) is 0 Å². The van der Waals surface area contributed by atoms with Gasteiger partial charge < -0.3 is 19.3 Å². The van der Waals surface area contributed by atoms with Crippen molar-refractivity contribution in [3.05, 3.63) is 59.4 Å². The maximum atomic E-state index is 12.3. The monoisotopic (exact) mass is 387 g/mol. The van der Waals surface area contributed by atoms with Crippen LogP contribution in [0, 0.1) is 0 Å². The van der Waals surface area contributed by atoms with Crippen molar-refractivity contribution in [1.82, 2.24) is 15.5 Å². The van der Waals surface area contributed by atoms with Crippen LogP contribution in [0.2, 0.25) is 5.02 Å². The van der Waals surface area contributed by atoms with E-state index in [0.717, 1.165) is 5.56 Å². The third-order valence-corrected chi connectivity index (χ3v) is 3.98. The minimum atomic E-state index is -0.722. The number of aromatic nitrogens is 2. The number of nitrogens with one attached hydrogen (secondary N) is 1. The van der Waals surface area contributed by atoms with Gasteiger partial charge in [-0.3, -0.25) is 4.79 Å². The van der Waals surface area contributed by atoms with Crippen LogP contribution in [-0.2, 0) is 11.3 Å². The van der Waals surface area contributed by atoms with E-state index in [1.54, 1.807) is 56.5 Å². The molecule has 0 aliphatic carbocycles. The molecule has 8 heteroatoms. The number of amides is 1. The zero-order valence-corrected chi connectivity index (χ0v) is 15.6. The molecule has 0 aliphatic rings. The minimum Gasteiger partial charge on any atom is -0.493 e. The molecule has 1 heterocycles. The lowest BCUT2D eigenvalue weighted by Crippen LogP contribution is -2.36. The van der Waals surface area contributed by atoms with Crippen molar-refractivity contribution in [3.8, 4) is 22.9 Å². The van der Waals surface area contributed by atoms with Crippen LogP contribution < -0.4 is 14.8 Å². The first-order valence-electron chi connectivity index (χ1n) is 8.22. The Morgan fingerprint density at radius 2 is 1.89 bits per heavy atom. The summed E-state index contributed by atoms with van der Waals surface area (Å²) in [6.07, 6.45) is -0.722. The summed E-state index contributed by atoms with van der Waals surface area (Å²) in [6.45, 7) is 1.74. The number of nitrogens with zero attached hydrogens (tertiary/aromatic N) is 2. The summed E-state index contributed by atoms with van der Waals surface area (Å²) in [5.74, 6) is 1.45. The molecule has 7 nitrogen and oxygen atoms in total. The van der Waals surface area contributed by atoms with Gasteiger partial charge in [0.15, 0.2) is 17.6 Å². The topological polar surface area (TPSA) is 86.5 Å². The number of rotatable bonds is 7. The molecule has 140 valence electrons. The van der Waals surface area contributed by atoms with Crippen LogP contribution in [0.25, 0.3) is 11.4 Å². The lowest BCUT2D eigenvalue weighted by atomic mass is 10.2. The van der Waals surface area contributed by atoms with Crippen LogP contribution >= 0.6 is 11.6 Å². The molecule has 0 saturated carbocycles. The van der Waals surface area contributed by atoms with Crippen molar-refractivity contribution in [2.24, 2.45) is 0 Å². The van der Waals surface area contributed by atoms with Crippen LogP contribution in [0.3, 0.4) is 0 Å². The van der Waals surface area contributed by atoms with Gasteiger partial charge in [0, 0.05) is 10.6 Å². The summed E-state index contributed by atoms with van der Waals surface area (Å²) in [6, 6.07) is 14.2. The van der Waals surface area contributed by atoms with Crippen LogP contribution in [0.5, 0.6) is 11.5 Å². The standard InChI is InChI=1S/C19H18ClN3O4/c1-12(26-16-6-4-3-5-15(16)25-2)19(24)21-11-17-22-18(23-27-17)13-7-9-14(20)10-8-13/h3-10,12H,11H2,1-2H3,(H,21,24)/t12-/m0/s1. The number of methoxy groups -OCH3 is 1. The predicted molar refractivity (Wildman–Crippen MR) is 99.7 cm³/mol. The van der Waals surface area contributed by atoms with Gasteiger partial charge in [-0.1, -0.05) is 28.9 Å². The van der Waals surface area contributed by atoms with E-state index >= 15 is 0 Å². The summed E-state index contributed by atoms with van der Waals surface area (Å²) < 4.78 is 16.0. The molecule has 1 atom stereocenters. The van der Waals surface area contributed by atoms with E-state index in [-0.39, 0.29) is 18.3 Å². The molecule has 3 rings (SSSR count). The SMILES string of the molecule is COc1ccccc1O[C@@H](C)C(=O)NCc1nc(-c2ccc(Cl)cc2)no1. The Balaban J connectivity index is 1.56. The van der Waals surface area contributed by atoms with Gasteiger partial charge in [-0.25, -0.2) is 0 Å². The highest BCUT2D eigenvalue weighted by Gasteiger charge is 2.17. The minimum absolute atomic E-state index is 0.0963. The fourth-order valence-corrected chi connectivity index (χ4v) is 2.44. The average molecular weight is 388 g/mol. The zero-order valence-electron chi connectivity index (χ0n) is 14.8. The third kappa shape index (κ3) is 4.77. The van der Waals surface area contributed by atoms with Gasteiger partial charge in [-0.05, 0) is 43.3 Å². The molecule has 0 bridgehead atoms. The molecule has 1 N–H and O–H groups in total. The van der Waals surface area contributed by atoms with E-state index in [2.05, 4.69) is 15.5 Å². The number of hydrogen-bond acceptors (Lipinski definition) is 6. The van der Waals surface area contributed by atoms with Crippen LogP contribution in [-0.4, -0.2) is 29.3 Å². The molecule has 2 aromatic carbocycles. The Kier molecular flexibility index (Phi) is 5.93. The fraction of sp³-hybridized carbons (Fsp3) is 0.211. The Hall–Kier alpha value is -3.06. The molecule has 0 spiro atoms. The second-order valence-electron chi connectivity index (χ2n) is 5.65. The molecular weight excluding hydrogens is 370 g/mol. The molecule has 0 unspecified atom stereocenters. The molecule has 0 radical (unpaired) electrons. The van der Waals surface area contributed by atoms with Crippen molar-refractivity contribution in [1.29, 1.82) is 0 Å². The van der Waals surface area contributed by atoms with Crippen molar-refractivity contribution in [2.45, 2.75) is 19.6 Å². The molecule has 1 aromatic heterocycles. The van der Waals surface area contributed by atoms with Crippen molar-refractivity contribution < 1.29 is 18.8 Å². The molecule has 0 fully saturated rings. The highest BCUT2D eigenvalue weighted by Crippen LogP contribution is 2.26. The third-order valence-electron chi connectivity index (χ3n) is 3.73. The lowest BCUT2D eigenvalue weighted by Gasteiger charge is -2.16. The molecule has 3 aromatic rings. The van der Waals surface area contributed by atoms with E-state index in [9.17, 15) is 4.79 Å². The van der Waals surface area contributed by atoms with Gasteiger partial charge in [-0.15, -0.1) is 0 Å². The first-order chi connectivity index (χ1) is 13.1. The number of halogens is 1. The quantitative estimate of drug-likeness (QED) is 0.667. The van der Waals surface area contributed by atoms with Crippen molar-refractivity contribution in [2.75, 3.05) is 7.11 Å². The molecule has 27 heavy (non-hydrogen) atoms. The normalized spacial score (nSPS) is 11.7. The van der Waals surface area contributed by atoms with E-state index < -0.39 is 6.10 Å². The first kappa shape index (κ1) is 18.7. The first-order valence-corrected chi connectivity index (χ1v) is 8.60. The van der Waals surface area contributed by atoms with Gasteiger partial charge in [-0.2, -0.15) is 4.98 Å².